The Morgan fingerprint density at radius 2 is 1.96 bits per heavy atom. The first-order valence-electron chi connectivity index (χ1n) is 11.2. The Labute approximate surface area is 170 Å². The van der Waals surface area contributed by atoms with E-state index in [0.29, 0.717) is 34.6 Å². The highest BCUT2D eigenvalue weighted by atomic mass is 32.2. The van der Waals surface area contributed by atoms with Gasteiger partial charge in [-0.2, -0.15) is 0 Å². The van der Waals surface area contributed by atoms with Crippen LogP contribution < -0.4 is 0 Å². The molecule has 0 saturated heterocycles. The molecule has 0 N–H and O–H groups in total. The molecule has 0 aromatic carbocycles. The minimum atomic E-state index is -0.0858. The predicted molar refractivity (Wildman–Crippen MR) is 115 cm³/mol. The van der Waals surface area contributed by atoms with Crippen molar-refractivity contribution in [2.24, 2.45) is 34.5 Å². The van der Waals surface area contributed by atoms with Gasteiger partial charge in [-0.05, 0) is 68.1 Å². The Hall–Kier alpha value is -0.570. The van der Waals surface area contributed by atoms with Crippen molar-refractivity contribution in [3.8, 4) is 0 Å². The third-order valence-electron chi connectivity index (χ3n) is 8.07. The van der Waals surface area contributed by atoms with Crippen LogP contribution in [0, 0.1) is 34.5 Å². The van der Waals surface area contributed by atoms with Crippen molar-refractivity contribution in [2.45, 2.75) is 85.5 Å². The van der Waals surface area contributed by atoms with Gasteiger partial charge in [0.1, 0.15) is 5.78 Å². The Bertz CT molecular complexity index is 591. The number of thioether (sulfide) groups is 1. The van der Waals surface area contributed by atoms with E-state index in [2.05, 4.69) is 39.8 Å². The van der Waals surface area contributed by atoms with E-state index in [0.717, 1.165) is 50.7 Å². The molecule has 0 heterocycles. The van der Waals surface area contributed by atoms with E-state index in [-0.39, 0.29) is 10.8 Å². The second-order valence-corrected chi connectivity index (χ2v) is 10.8. The zero-order chi connectivity index (χ0) is 19.7. The lowest BCUT2D eigenvalue weighted by Crippen LogP contribution is -2.39. The Balaban J connectivity index is 1.60. The van der Waals surface area contributed by atoms with Gasteiger partial charge in [0.25, 0.3) is 0 Å². The average Bonchev–Trinajstić information content (AvgIpc) is 3.37. The topological polar surface area (TPSA) is 34.1 Å². The molecule has 0 aromatic rings. The van der Waals surface area contributed by atoms with Crippen molar-refractivity contribution in [1.29, 1.82) is 0 Å². The van der Waals surface area contributed by atoms with Crippen molar-refractivity contribution in [1.82, 2.24) is 0 Å². The molecule has 5 atom stereocenters. The molecule has 27 heavy (non-hydrogen) atoms. The standard InChI is InChI=1S/C24H38O2S/c1-5-6-16-27-22(26)24(14-15-24)18(3)10-9-17(2)19-11-12-20-21(25)8-7-13-23(19,20)4/h9-10,17-20H,5-8,11-16H2,1-4H3/b10-9+/t17-,18-,19-,20+,23-/m1/s1. The molecule has 0 unspecified atom stereocenters. The van der Waals surface area contributed by atoms with Gasteiger partial charge < -0.3 is 0 Å². The van der Waals surface area contributed by atoms with E-state index in [4.69, 9.17) is 0 Å². The molecule has 3 aliphatic rings. The summed E-state index contributed by atoms with van der Waals surface area (Å²) in [6.45, 7) is 9.12. The fraction of sp³-hybridized carbons (Fsp3) is 0.833. The first-order valence-corrected chi connectivity index (χ1v) is 12.2. The summed E-state index contributed by atoms with van der Waals surface area (Å²) >= 11 is 1.56. The lowest BCUT2D eigenvalue weighted by Gasteiger charge is -2.41. The highest BCUT2D eigenvalue weighted by molar-refractivity contribution is 8.13. The van der Waals surface area contributed by atoms with E-state index >= 15 is 0 Å². The highest BCUT2D eigenvalue weighted by Gasteiger charge is 2.54. The number of fused-ring (bicyclic) bond motifs is 1. The van der Waals surface area contributed by atoms with Crippen LogP contribution in [0.5, 0.6) is 0 Å². The van der Waals surface area contributed by atoms with Gasteiger partial charge in [0.15, 0.2) is 5.12 Å². The van der Waals surface area contributed by atoms with Crippen molar-refractivity contribution in [3.05, 3.63) is 12.2 Å². The van der Waals surface area contributed by atoms with Crippen LogP contribution in [0.1, 0.15) is 85.5 Å². The number of carbonyl (C=O) groups is 2. The number of hydrogen-bond acceptors (Lipinski definition) is 3. The van der Waals surface area contributed by atoms with Gasteiger partial charge in [0, 0.05) is 23.5 Å². The number of allylic oxidation sites excluding steroid dienone is 2. The van der Waals surface area contributed by atoms with Crippen molar-refractivity contribution in [2.75, 3.05) is 5.75 Å². The van der Waals surface area contributed by atoms with Crippen LogP contribution in [0.15, 0.2) is 12.2 Å². The number of unbranched alkanes of at least 4 members (excludes halogenated alkanes) is 1. The minimum absolute atomic E-state index is 0.0858. The van der Waals surface area contributed by atoms with E-state index < -0.39 is 0 Å². The summed E-state index contributed by atoms with van der Waals surface area (Å²) < 4.78 is 0. The molecular weight excluding hydrogens is 352 g/mol. The fourth-order valence-electron chi connectivity index (χ4n) is 5.93. The highest BCUT2D eigenvalue weighted by Crippen LogP contribution is 2.58. The van der Waals surface area contributed by atoms with Crippen molar-refractivity contribution >= 4 is 22.7 Å². The molecule has 0 aliphatic heterocycles. The van der Waals surface area contributed by atoms with Gasteiger partial charge in [-0.25, -0.2) is 0 Å². The molecule has 0 aromatic heterocycles. The van der Waals surface area contributed by atoms with Crippen LogP contribution in [0.25, 0.3) is 0 Å². The monoisotopic (exact) mass is 390 g/mol. The first kappa shape index (κ1) is 21.1. The van der Waals surface area contributed by atoms with Gasteiger partial charge in [-0.1, -0.05) is 58.0 Å². The molecule has 0 amide bonds. The van der Waals surface area contributed by atoms with E-state index in [1.165, 1.54) is 12.8 Å². The molecule has 3 fully saturated rings. The molecule has 152 valence electrons. The first-order chi connectivity index (χ1) is 12.8. The third kappa shape index (κ3) is 4.09. The van der Waals surface area contributed by atoms with E-state index in [1.54, 1.807) is 11.8 Å². The third-order valence-corrected chi connectivity index (χ3v) is 9.23. The number of rotatable bonds is 8. The largest absolute Gasteiger partial charge is 0.299 e. The number of Topliss-reactive ketones (excluding diaryl/α,β-unsaturated/α-hetero) is 1. The normalized spacial score (nSPS) is 34.4. The summed E-state index contributed by atoms with van der Waals surface area (Å²) in [6.07, 6.45) is 14.5. The van der Waals surface area contributed by atoms with Gasteiger partial charge in [-0.15, -0.1) is 0 Å². The zero-order valence-electron chi connectivity index (χ0n) is 17.8. The predicted octanol–water partition coefficient (Wildman–Crippen LogP) is 6.44. The molecule has 0 bridgehead atoms. The lowest BCUT2D eigenvalue weighted by atomic mass is 9.62. The maximum atomic E-state index is 12.7. The van der Waals surface area contributed by atoms with Crippen LogP contribution in [0.2, 0.25) is 0 Å². The van der Waals surface area contributed by atoms with E-state index in [9.17, 15) is 9.59 Å². The molecule has 3 heteroatoms. The Morgan fingerprint density at radius 1 is 1.22 bits per heavy atom. The maximum absolute atomic E-state index is 12.7. The van der Waals surface area contributed by atoms with Crippen LogP contribution in [0.4, 0.5) is 0 Å². The van der Waals surface area contributed by atoms with Crippen LogP contribution in [0.3, 0.4) is 0 Å². The van der Waals surface area contributed by atoms with Gasteiger partial charge in [0.05, 0.1) is 0 Å². The Morgan fingerprint density at radius 3 is 2.63 bits per heavy atom. The Kier molecular flexibility index (Phi) is 6.60. The molecule has 3 aliphatic carbocycles. The summed E-state index contributed by atoms with van der Waals surface area (Å²) in [5.41, 5.74) is 0.114. The number of ketones is 1. The summed E-state index contributed by atoms with van der Waals surface area (Å²) in [5.74, 6) is 3.23. The smallest absolute Gasteiger partial charge is 0.195 e. The summed E-state index contributed by atoms with van der Waals surface area (Å²) in [5, 5.41) is 0.423. The van der Waals surface area contributed by atoms with Crippen molar-refractivity contribution < 1.29 is 9.59 Å². The molecule has 0 spiro atoms. The second-order valence-electron chi connectivity index (χ2n) is 9.74. The van der Waals surface area contributed by atoms with Gasteiger partial charge in [0.2, 0.25) is 0 Å². The lowest BCUT2D eigenvalue weighted by molar-refractivity contribution is -0.129. The zero-order valence-corrected chi connectivity index (χ0v) is 18.6. The SMILES string of the molecule is CCCCSC(=O)C1([C@H](C)/C=C/[C@@H](C)[C@H]2CC[C@H]3C(=O)CCC[C@]23C)CC1. The van der Waals surface area contributed by atoms with Crippen LogP contribution in [-0.2, 0) is 9.59 Å². The van der Waals surface area contributed by atoms with Gasteiger partial charge in [-0.3, -0.25) is 9.59 Å². The van der Waals surface area contributed by atoms with Gasteiger partial charge >= 0.3 is 0 Å². The summed E-state index contributed by atoms with van der Waals surface area (Å²) in [7, 11) is 0. The molecular formula is C24H38O2S. The molecule has 0 radical (unpaired) electrons. The fourth-order valence-corrected chi connectivity index (χ4v) is 7.22. The van der Waals surface area contributed by atoms with E-state index in [1.807, 2.05) is 0 Å². The second kappa shape index (κ2) is 8.43. The number of carbonyl (C=O) groups excluding carboxylic acids is 2. The number of hydrogen-bond donors (Lipinski definition) is 0. The maximum Gasteiger partial charge on any atom is 0.195 e. The summed E-state index contributed by atoms with van der Waals surface area (Å²) in [6, 6.07) is 0. The summed E-state index contributed by atoms with van der Waals surface area (Å²) in [4.78, 5) is 25.1. The quantitative estimate of drug-likeness (QED) is 0.353. The van der Waals surface area contributed by atoms with Crippen molar-refractivity contribution in [3.63, 3.8) is 0 Å². The molecule has 3 rings (SSSR count). The molecule has 2 nitrogen and oxygen atoms in total. The average molecular weight is 391 g/mol. The molecule has 3 saturated carbocycles. The van der Waals surface area contributed by atoms with Crippen LogP contribution in [-0.4, -0.2) is 16.7 Å². The minimum Gasteiger partial charge on any atom is -0.299 e. The van der Waals surface area contributed by atoms with Crippen LogP contribution >= 0.6 is 11.8 Å².